The monoisotopic (exact) mass is 405 g/mol. The van der Waals surface area contributed by atoms with Crippen LogP contribution in [0.3, 0.4) is 0 Å². The largest absolute Gasteiger partial charge is 0.493 e. The first-order valence-electron chi connectivity index (χ1n) is 9.73. The van der Waals surface area contributed by atoms with Crippen LogP contribution in [0.1, 0.15) is 28.4 Å². The third-order valence-corrected chi connectivity index (χ3v) is 5.37. The van der Waals surface area contributed by atoms with Crippen LogP contribution in [0.15, 0.2) is 72.8 Å². The van der Waals surface area contributed by atoms with Crippen molar-refractivity contribution < 1.29 is 19.0 Å². The SMILES string of the molecule is COc1ccc(C(=O)NCC(C)(c2ccccc2)c2ccccc2)c(OC)c1OC. The maximum Gasteiger partial charge on any atom is 0.255 e. The average molecular weight is 405 g/mol. The van der Waals surface area contributed by atoms with Gasteiger partial charge in [0, 0.05) is 12.0 Å². The fourth-order valence-electron chi connectivity index (χ4n) is 3.62. The van der Waals surface area contributed by atoms with Gasteiger partial charge in [-0.05, 0) is 30.2 Å². The maximum atomic E-state index is 13.1. The van der Waals surface area contributed by atoms with E-state index < -0.39 is 5.41 Å². The van der Waals surface area contributed by atoms with E-state index >= 15 is 0 Å². The zero-order valence-electron chi connectivity index (χ0n) is 17.8. The van der Waals surface area contributed by atoms with Crippen LogP contribution in [0.4, 0.5) is 0 Å². The number of ether oxygens (including phenoxy) is 3. The average Bonchev–Trinajstić information content (AvgIpc) is 2.82. The molecule has 0 radical (unpaired) electrons. The highest BCUT2D eigenvalue weighted by atomic mass is 16.5. The Kier molecular flexibility index (Phi) is 6.62. The fourth-order valence-corrected chi connectivity index (χ4v) is 3.62. The second-order valence-corrected chi connectivity index (χ2v) is 7.13. The van der Waals surface area contributed by atoms with Crippen molar-refractivity contribution in [2.75, 3.05) is 27.9 Å². The molecule has 0 aliphatic heterocycles. The Hall–Kier alpha value is -3.47. The summed E-state index contributed by atoms with van der Waals surface area (Å²) in [5.74, 6) is 0.993. The highest BCUT2D eigenvalue weighted by Gasteiger charge is 2.30. The van der Waals surface area contributed by atoms with Gasteiger partial charge in [0.15, 0.2) is 11.5 Å². The van der Waals surface area contributed by atoms with Crippen LogP contribution in [0.5, 0.6) is 17.2 Å². The Morgan fingerprint density at radius 2 is 1.30 bits per heavy atom. The summed E-state index contributed by atoms with van der Waals surface area (Å²) in [5.41, 5.74) is 2.23. The van der Waals surface area contributed by atoms with Gasteiger partial charge in [0.05, 0.1) is 26.9 Å². The third-order valence-electron chi connectivity index (χ3n) is 5.37. The quantitative estimate of drug-likeness (QED) is 0.602. The lowest BCUT2D eigenvalue weighted by Crippen LogP contribution is -2.39. The predicted octanol–water partition coefficient (Wildman–Crippen LogP) is 4.45. The normalized spacial score (nSPS) is 10.9. The van der Waals surface area contributed by atoms with Crippen LogP contribution >= 0.6 is 0 Å². The molecule has 0 spiro atoms. The first-order chi connectivity index (χ1) is 14.5. The Balaban J connectivity index is 1.93. The summed E-state index contributed by atoms with van der Waals surface area (Å²) in [7, 11) is 4.57. The second kappa shape index (κ2) is 9.35. The summed E-state index contributed by atoms with van der Waals surface area (Å²) in [6.45, 7) is 2.54. The van der Waals surface area contributed by atoms with E-state index in [-0.39, 0.29) is 5.91 Å². The fraction of sp³-hybridized carbons (Fsp3) is 0.240. The lowest BCUT2D eigenvalue weighted by Gasteiger charge is -2.31. The number of carbonyl (C=O) groups excluding carboxylic acids is 1. The highest BCUT2D eigenvalue weighted by molar-refractivity contribution is 5.98. The van der Waals surface area contributed by atoms with Crippen LogP contribution in [0.25, 0.3) is 0 Å². The first kappa shape index (κ1) is 21.2. The van der Waals surface area contributed by atoms with E-state index in [4.69, 9.17) is 14.2 Å². The smallest absolute Gasteiger partial charge is 0.255 e. The molecule has 0 aromatic heterocycles. The summed E-state index contributed by atoms with van der Waals surface area (Å²) in [4.78, 5) is 13.1. The number of hydrogen-bond donors (Lipinski definition) is 1. The molecule has 156 valence electrons. The van der Waals surface area contributed by atoms with Gasteiger partial charge in [-0.2, -0.15) is 0 Å². The van der Waals surface area contributed by atoms with E-state index in [2.05, 4.69) is 36.5 Å². The summed E-state index contributed by atoms with van der Waals surface area (Å²) in [6.07, 6.45) is 0. The molecule has 0 aliphatic rings. The van der Waals surface area contributed by atoms with Crippen LogP contribution < -0.4 is 19.5 Å². The van der Waals surface area contributed by atoms with Gasteiger partial charge < -0.3 is 19.5 Å². The third kappa shape index (κ3) is 4.10. The molecule has 0 aliphatic carbocycles. The standard InChI is InChI=1S/C25H27NO4/c1-25(18-11-7-5-8-12-18,19-13-9-6-10-14-19)17-26-24(27)20-15-16-21(28-2)23(30-4)22(20)29-3/h5-16H,17H2,1-4H3,(H,26,27). The number of nitrogens with one attached hydrogen (secondary N) is 1. The minimum atomic E-state index is -0.401. The van der Waals surface area contributed by atoms with Gasteiger partial charge in [0.2, 0.25) is 5.75 Å². The van der Waals surface area contributed by atoms with E-state index in [0.29, 0.717) is 29.4 Å². The van der Waals surface area contributed by atoms with Crippen molar-refractivity contribution in [3.8, 4) is 17.2 Å². The molecule has 0 saturated carbocycles. The van der Waals surface area contributed by atoms with Gasteiger partial charge in [-0.3, -0.25) is 4.79 Å². The molecule has 3 rings (SSSR count). The lowest BCUT2D eigenvalue weighted by atomic mass is 9.76. The predicted molar refractivity (Wildman–Crippen MR) is 118 cm³/mol. The van der Waals surface area contributed by atoms with E-state index in [1.54, 1.807) is 19.2 Å². The summed E-state index contributed by atoms with van der Waals surface area (Å²) < 4.78 is 16.2. The Morgan fingerprint density at radius 1 is 0.767 bits per heavy atom. The van der Waals surface area contributed by atoms with E-state index in [1.807, 2.05) is 36.4 Å². The minimum absolute atomic E-state index is 0.245. The molecule has 5 heteroatoms. The Morgan fingerprint density at radius 3 is 1.77 bits per heavy atom. The number of amides is 1. The van der Waals surface area contributed by atoms with Gasteiger partial charge in [-0.15, -0.1) is 0 Å². The zero-order valence-corrected chi connectivity index (χ0v) is 17.8. The van der Waals surface area contributed by atoms with Crippen molar-refractivity contribution in [1.29, 1.82) is 0 Å². The van der Waals surface area contributed by atoms with Gasteiger partial charge in [0.1, 0.15) is 0 Å². The molecule has 0 unspecified atom stereocenters. The van der Waals surface area contributed by atoms with Crippen molar-refractivity contribution in [1.82, 2.24) is 5.32 Å². The second-order valence-electron chi connectivity index (χ2n) is 7.13. The van der Waals surface area contributed by atoms with Crippen molar-refractivity contribution in [2.24, 2.45) is 0 Å². The topological polar surface area (TPSA) is 56.8 Å². The Bertz CT molecular complexity index is 947. The van der Waals surface area contributed by atoms with Crippen molar-refractivity contribution >= 4 is 5.91 Å². The van der Waals surface area contributed by atoms with Crippen molar-refractivity contribution in [2.45, 2.75) is 12.3 Å². The van der Waals surface area contributed by atoms with Crippen LogP contribution in [-0.4, -0.2) is 33.8 Å². The number of rotatable bonds is 8. The number of benzene rings is 3. The molecule has 5 nitrogen and oxygen atoms in total. The molecule has 0 bridgehead atoms. The number of hydrogen-bond acceptors (Lipinski definition) is 4. The molecule has 1 amide bonds. The molecule has 3 aromatic carbocycles. The Labute approximate surface area is 177 Å². The summed E-state index contributed by atoms with van der Waals surface area (Å²) >= 11 is 0. The summed E-state index contributed by atoms with van der Waals surface area (Å²) in [5, 5.41) is 3.08. The number of methoxy groups -OCH3 is 3. The van der Waals surface area contributed by atoms with E-state index in [0.717, 1.165) is 11.1 Å². The van der Waals surface area contributed by atoms with Gasteiger partial charge in [-0.25, -0.2) is 0 Å². The molecule has 0 saturated heterocycles. The number of carbonyl (C=O) groups is 1. The van der Waals surface area contributed by atoms with Crippen LogP contribution in [-0.2, 0) is 5.41 Å². The summed E-state index contributed by atoms with van der Waals surface area (Å²) in [6, 6.07) is 23.7. The first-order valence-corrected chi connectivity index (χ1v) is 9.73. The molecular weight excluding hydrogens is 378 g/mol. The zero-order chi connectivity index (χ0) is 21.6. The van der Waals surface area contributed by atoms with Crippen molar-refractivity contribution in [3.05, 3.63) is 89.5 Å². The van der Waals surface area contributed by atoms with Gasteiger partial charge in [-0.1, -0.05) is 60.7 Å². The van der Waals surface area contributed by atoms with E-state index in [1.165, 1.54) is 14.2 Å². The minimum Gasteiger partial charge on any atom is -0.493 e. The molecule has 1 N–H and O–H groups in total. The molecule has 0 atom stereocenters. The molecular formula is C25H27NO4. The molecule has 0 fully saturated rings. The van der Waals surface area contributed by atoms with Crippen molar-refractivity contribution in [3.63, 3.8) is 0 Å². The highest BCUT2D eigenvalue weighted by Crippen LogP contribution is 2.40. The molecule has 30 heavy (non-hydrogen) atoms. The molecule has 0 heterocycles. The van der Waals surface area contributed by atoms with Gasteiger partial charge in [0.25, 0.3) is 5.91 Å². The maximum absolute atomic E-state index is 13.1. The lowest BCUT2D eigenvalue weighted by molar-refractivity contribution is 0.0943. The van der Waals surface area contributed by atoms with Crippen LogP contribution in [0.2, 0.25) is 0 Å². The van der Waals surface area contributed by atoms with Gasteiger partial charge >= 0.3 is 0 Å². The van der Waals surface area contributed by atoms with Crippen LogP contribution in [0, 0.1) is 0 Å². The van der Waals surface area contributed by atoms with E-state index in [9.17, 15) is 4.79 Å². The molecule has 3 aromatic rings.